The van der Waals surface area contributed by atoms with Crippen molar-refractivity contribution in [1.82, 2.24) is 0 Å². The van der Waals surface area contributed by atoms with E-state index in [1.165, 1.54) is 5.57 Å². The maximum absolute atomic E-state index is 12.3. The molecule has 1 aliphatic carbocycles. The van der Waals surface area contributed by atoms with E-state index in [1.54, 1.807) is 19.9 Å². The standard InChI is InChI=1S/C20H26O4/c1-6-14(4)19(21)23-16-10-12(2)8-7-9-13(3)11-17-18(16)15(5)20(22)24-17/h6,9-10,16-18H,5,7-8,11H2,1-4H3/b12-10+,13-9+,14-6+/t16-,17+,18+/m1/s1. The number of esters is 2. The van der Waals surface area contributed by atoms with Crippen molar-refractivity contribution in [3.05, 3.63) is 47.1 Å². The van der Waals surface area contributed by atoms with E-state index in [0.29, 0.717) is 17.6 Å². The average molecular weight is 330 g/mol. The molecular weight excluding hydrogens is 304 g/mol. The molecule has 0 bridgehead atoms. The largest absolute Gasteiger partial charge is 0.458 e. The molecule has 1 fully saturated rings. The number of hydrogen-bond acceptors (Lipinski definition) is 4. The molecule has 0 unspecified atom stereocenters. The highest BCUT2D eigenvalue weighted by Gasteiger charge is 2.44. The van der Waals surface area contributed by atoms with Crippen LogP contribution in [-0.4, -0.2) is 24.1 Å². The monoisotopic (exact) mass is 330 g/mol. The molecule has 1 saturated heterocycles. The highest BCUT2D eigenvalue weighted by atomic mass is 16.6. The van der Waals surface area contributed by atoms with Crippen LogP contribution in [0.4, 0.5) is 0 Å². The lowest BCUT2D eigenvalue weighted by Crippen LogP contribution is -2.33. The summed E-state index contributed by atoms with van der Waals surface area (Å²) in [5, 5.41) is 0. The molecule has 1 aliphatic heterocycles. The molecule has 24 heavy (non-hydrogen) atoms. The highest BCUT2D eigenvalue weighted by Crippen LogP contribution is 2.36. The predicted octanol–water partition coefficient (Wildman–Crippen LogP) is 4.04. The lowest BCUT2D eigenvalue weighted by Gasteiger charge is -2.26. The van der Waals surface area contributed by atoms with Crippen LogP contribution in [0.3, 0.4) is 0 Å². The molecule has 130 valence electrons. The van der Waals surface area contributed by atoms with E-state index in [4.69, 9.17) is 9.47 Å². The Morgan fingerprint density at radius 1 is 1.38 bits per heavy atom. The molecule has 0 amide bonds. The molecule has 0 aromatic carbocycles. The van der Waals surface area contributed by atoms with Crippen molar-refractivity contribution in [2.45, 2.75) is 59.2 Å². The van der Waals surface area contributed by atoms with Crippen molar-refractivity contribution in [2.75, 3.05) is 0 Å². The SMILES string of the molecule is C=C1C(=O)O[C@H]2C/C(C)=C/CC/C(C)=C/[C@@H](OC(=O)/C(C)=C/C)[C@H]12. The third-order valence-electron chi connectivity index (χ3n) is 4.68. The van der Waals surface area contributed by atoms with Crippen LogP contribution in [0, 0.1) is 5.92 Å². The van der Waals surface area contributed by atoms with E-state index < -0.39 is 12.1 Å². The summed E-state index contributed by atoms with van der Waals surface area (Å²) in [6.45, 7) is 11.5. The fourth-order valence-electron chi connectivity index (χ4n) is 3.08. The minimum atomic E-state index is -0.540. The summed E-state index contributed by atoms with van der Waals surface area (Å²) < 4.78 is 11.2. The van der Waals surface area contributed by atoms with E-state index in [0.717, 1.165) is 18.4 Å². The molecule has 4 nitrogen and oxygen atoms in total. The first-order valence-corrected chi connectivity index (χ1v) is 8.40. The summed E-state index contributed by atoms with van der Waals surface area (Å²) in [5.74, 6) is -1.11. The van der Waals surface area contributed by atoms with Gasteiger partial charge in [-0.05, 0) is 46.6 Å². The van der Waals surface area contributed by atoms with Gasteiger partial charge in [0.1, 0.15) is 12.2 Å². The first kappa shape index (κ1) is 18.2. The van der Waals surface area contributed by atoms with E-state index in [-0.39, 0.29) is 18.0 Å². The molecule has 2 rings (SSSR count). The molecule has 0 saturated carbocycles. The fourth-order valence-corrected chi connectivity index (χ4v) is 3.08. The van der Waals surface area contributed by atoms with Gasteiger partial charge in [0, 0.05) is 17.6 Å². The molecule has 4 heteroatoms. The van der Waals surface area contributed by atoms with E-state index >= 15 is 0 Å². The van der Waals surface area contributed by atoms with E-state index in [1.807, 2.05) is 19.9 Å². The van der Waals surface area contributed by atoms with E-state index in [9.17, 15) is 9.59 Å². The second-order valence-electron chi connectivity index (χ2n) is 6.64. The van der Waals surface area contributed by atoms with Crippen molar-refractivity contribution in [2.24, 2.45) is 5.92 Å². The summed E-state index contributed by atoms with van der Waals surface area (Å²) in [7, 11) is 0. The topological polar surface area (TPSA) is 52.6 Å². The van der Waals surface area contributed by atoms with Gasteiger partial charge >= 0.3 is 11.9 Å². The maximum atomic E-state index is 12.3. The van der Waals surface area contributed by atoms with Gasteiger partial charge < -0.3 is 9.47 Å². The third kappa shape index (κ3) is 4.05. The van der Waals surface area contributed by atoms with Crippen molar-refractivity contribution >= 4 is 11.9 Å². The minimum Gasteiger partial charge on any atom is -0.458 e. The van der Waals surface area contributed by atoms with Crippen LogP contribution in [0.2, 0.25) is 0 Å². The summed E-state index contributed by atoms with van der Waals surface area (Å²) in [6.07, 6.45) is 7.42. The molecule has 3 atom stereocenters. The molecule has 0 N–H and O–H groups in total. The van der Waals surface area contributed by atoms with Crippen LogP contribution in [0.1, 0.15) is 47.0 Å². The predicted molar refractivity (Wildman–Crippen MR) is 93.2 cm³/mol. The van der Waals surface area contributed by atoms with Gasteiger partial charge in [-0.1, -0.05) is 29.9 Å². The van der Waals surface area contributed by atoms with Crippen molar-refractivity contribution in [3.8, 4) is 0 Å². The zero-order valence-electron chi connectivity index (χ0n) is 14.9. The first-order chi connectivity index (χ1) is 11.3. The number of rotatable bonds is 2. The Hall–Kier alpha value is -2.10. The highest BCUT2D eigenvalue weighted by molar-refractivity contribution is 5.91. The molecule has 0 aromatic rings. The summed E-state index contributed by atoms with van der Waals surface area (Å²) >= 11 is 0. The van der Waals surface area contributed by atoms with Gasteiger partial charge in [0.05, 0.1) is 5.92 Å². The maximum Gasteiger partial charge on any atom is 0.334 e. The van der Waals surface area contributed by atoms with Gasteiger partial charge in [-0.15, -0.1) is 0 Å². The number of ether oxygens (including phenoxy) is 2. The number of carbonyl (C=O) groups is 2. The molecular formula is C20H26O4. The van der Waals surface area contributed by atoms with Crippen LogP contribution in [0.25, 0.3) is 0 Å². The lowest BCUT2D eigenvalue weighted by atomic mass is 9.85. The van der Waals surface area contributed by atoms with Crippen LogP contribution >= 0.6 is 0 Å². The summed E-state index contributed by atoms with van der Waals surface area (Å²) in [4.78, 5) is 24.3. The molecule has 1 heterocycles. The Bertz CT molecular complexity index is 636. The Kier molecular flexibility index (Phi) is 5.81. The quantitative estimate of drug-likeness (QED) is 0.436. The van der Waals surface area contributed by atoms with Crippen LogP contribution in [0.15, 0.2) is 47.1 Å². The van der Waals surface area contributed by atoms with Gasteiger partial charge in [0.25, 0.3) is 0 Å². The average Bonchev–Trinajstić information content (AvgIpc) is 2.79. The van der Waals surface area contributed by atoms with Gasteiger partial charge in [-0.2, -0.15) is 0 Å². The van der Waals surface area contributed by atoms with Gasteiger partial charge in [0.2, 0.25) is 0 Å². The second kappa shape index (κ2) is 7.65. The number of allylic oxidation sites excluding steroid dienone is 3. The molecule has 0 aromatic heterocycles. The van der Waals surface area contributed by atoms with Crippen LogP contribution in [0.5, 0.6) is 0 Å². The second-order valence-corrected chi connectivity index (χ2v) is 6.64. The van der Waals surface area contributed by atoms with E-state index in [2.05, 4.69) is 12.7 Å². The Morgan fingerprint density at radius 2 is 2.08 bits per heavy atom. The van der Waals surface area contributed by atoms with Crippen molar-refractivity contribution < 1.29 is 19.1 Å². The fraction of sp³-hybridized carbons (Fsp3) is 0.500. The number of hydrogen-bond donors (Lipinski definition) is 0. The Labute approximate surface area is 143 Å². The molecule has 0 radical (unpaired) electrons. The Balaban J connectivity index is 2.38. The molecule has 2 aliphatic rings. The number of carbonyl (C=O) groups excluding carboxylic acids is 2. The summed E-state index contributed by atoms with van der Waals surface area (Å²) in [6, 6.07) is 0. The third-order valence-corrected chi connectivity index (χ3v) is 4.68. The van der Waals surface area contributed by atoms with Gasteiger partial charge in [-0.25, -0.2) is 9.59 Å². The zero-order chi connectivity index (χ0) is 17.9. The summed E-state index contributed by atoms with van der Waals surface area (Å²) in [5.41, 5.74) is 3.23. The van der Waals surface area contributed by atoms with Gasteiger partial charge in [-0.3, -0.25) is 0 Å². The number of fused-ring (bicyclic) bond motifs is 1. The van der Waals surface area contributed by atoms with Crippen molar-refractivity contribution in [3.63, 3.8) is 0 Å². The van der Waals surface area contributed by atoms with Crippen LogP contribution in [-0.2, 0) is 19.1 Å². The molecule has 0 spiro atoms. The normalized spacial score (nSPS) is 32.8. The first-order valence-electron chi connectivity index (χ1n) is 8.40. The Morgan fingerprint density at radius 3 is 2.75 bits per heavy atom. The lowest BCUT2D eigenvalue weighted by molar-refractivity contribution is -0.145. The van der Waals surface area contributed by atoms with Crippen LogP contribution < -0.4 is 0 Å². The smallest absolute Gasteiger partial charge is 0.334 e. The minimum absolute atomic E-state index is 0.341. The van der Waals surface area contributed by atoms with Crippen molar-refractivity contribution in [1.29, 1.82) is 0 Å². The zero-order valence-corrected chi connectivity index (χ0v) is 14.9. The van der Waals surface area contributed by atoms with Gasteiger partial charge in [0.15, 0.2) is 0 Å².